The first kappa shape index (κ1) is 22.4. The molecule has 1 amide bonds. The average Bonchev–Trinajstić information content (AvgIpc) is 3.31. The Hall–Kier alpha value is -3.44. The fourth-order valence-corrected chi connectivity index (χ4v) is 4.99. The summed E-state index contributed by atoms with van der Waals surface area (Å²) in [6, 6.07) is 22.8. The molecule has 34 heavy (non-hydrogen) atoms. The van der Waals surface area contributed by atoms with E-state index in [9.17, 15) is 4.79 Å². The number of hydrogen-bond donors (Lipinski definition) is 0. The Labute approximate surface area is 201 Å². The lowest BCUT2D eigenvalue weighted by Gasteiger charge is -2.30. The van der Waals surface area contributed by atoms with Crippen molar-refractivity contribution >= 4 is 11.6 Å². The summed E-state index contributed by atoms with van der Waals surface area (Å²) >= 11 is 0. The highest BCUT2D eigenvalue weighted by Gasteiger charge is 2.34. The Balaban J connectivity index is 1.42. The molecule has 3 aromatic carbocycles. The molecular formula is C29H31N3O2. The first-order valence-corrected chi connectivity index (χ1v) is 11.9. The van der Waals surface area contributed by atoms with Crippen LogP contribution < -0.4 is 4.74 Å². The van der Waals surface area contributed by atoms with Gasteiger partial charge in [-0.25, -0.2) is 5.01 Å². The van der Waals surface area contributed by atoms with Crippen molar-refractivity contribution in [2.75, 3.05) is 20.2 Å². The number of nitrogens with zero attached hydrogens (tertiary/aromatic N) is 3. The third kappa shape index (κ3) is 4.48. The minimum atomic E-state index is -0.120. The van der Waals surface area contributed by atoms with Gasteiger partial charge in [-0.1, -0.05) is 54.1 Å². The first-order valence-electron chi connectivity index (χ1n) is 11.9. The van der Waals surface area contributed by atoms with Gasteiger partial charge in [0.25, 0.3) is 5.91 Å². The van der Waals surface area contributed by atoms with E-state index in [2.05, 4.69) is 61.2 Å². The van der Waals surface area contributed by atoms with Gasteiger partial charge in [0.2, 0.25) is 0 Å². The normalized spacial score (nSPS) is 17.9. The second-order valence-electron chi connectivity index (χ2n) is 9.33. The number of hydrazone groups is 1. The maximum absolute atomic E-state index is 13.6. The number of carbonyl (C=O) groups excluding carboxylic acids is 1. The Bertz CT molecular complexity index is 1230. The molecule has 0 saturated heterocycles. The molecule has 5 rings (SSSR count). The van der Waals surface area contributed by atoms with Crippen LogP contribution in [0, 0.1) is 13.8 Å². The fourth-order valence-electron chi connectivity index (χ4n) is 4.99. The highest BCUT2D eigenvalue weighted by molar-refractivity contribution is 6.04. The summed E-state index contributed by atoms with van der Waals surface area (Å²) < 4.78 is 5.34. The molecule has 174 valence electrons. The van der Waals surface area contributed by atoms with E-state index in [0.717, 1.165) is 42.1 Å². The van der Waals surface area contributed by atoms with Crippen LogP contribution in [0.4, 0.5) is 0 Å². The van der Waals surface area contributed by atoms with Gasteiger partial charge in [0.05, 0.1) is 25.4 Å². The van der Waals surface area contributed by atoms with Gasteiger partial charge >= 0.3 is 0 Å². The van der Waals surface area contributed by atoms with Crippen LogP contribution >= 0.6 is 0 Å². The van der Waals surface area contributed by atoms with Crippen molar-refractivity contribution in [1.82, 2.24) is 9.91 Å². The lowest BCUT2D eigenvalue weighted by atomic mass is 9.95. The summed E-state index contributed by atoms with van der Waals surface area (Å²) in [6.45, 7) is 6.25. The zero-order valence-electron chi connectivity index (χ0n) is 20.1. The van der Waals surface area contributed by atoms with E-state index < -0.39 is 0 Å². The molecule has 0 spiro atoms. The van der Waals surface area contributed by atoms with E-state index in [0.29, 0.717) is 13.0 Å². The van der Waals surface area contributed by atoms with Crippen molar-refractivity contribution in [2.45, 2.75) is 39.3 Å². The van der Waals surface area contributed by atoms with Gasteiger partial charge < -0.3 is 4.74 Å². The number of aryl methyl sites for hydroxylation is 2. The zero-order valence-corrected chi connectivity index (χ0v) is 20.1. The largest absolute Gasteiger partial charge is 0.497 e. The summed E-state index contributed by atoms with van der Waals surface area (Å²) in [7, 11) is 1.67. The van der Waals surface area contributed by atoms with Crippen molar-refractivity contribution < 1.29 is 9.53 Å². The van der Waals surface area contributed by atoms with Crippen LogP contribution in [0.25, 0.3) is 0 Å². The quantitative estimate of drug-likeness (QED) is 0.543. The van der Waals surface area contributed by atoms with Crippen LogP contribution in [-0.2, 0) is 17.8 Å². The predicted molar refractivity (Wildman–Crippen MR) is 135 cm³/mol. The fraction of sp³-hybridized carbons (Fsp3) is 0.310. The number of amides is 1. The molecule has 2 heterocycles. The van der Waals surface area contributed by atoms with Crippen LogP contribution in [0.5, 0.6) is 5.75 Å². The minimum absolute atomic E-state index is 0.0421. The molecule has 2 aliphatic heterocycles. The number of benzene rings is 3. The lowest BCUT2D eigenvalue weighted by Crippen LogP contribution is -2.40. The summed E-state index contributed by atoms with van der Waals surface area (Å²) in [5, 5.41) is 6.63. The predicted octanol–water partition coefficient (Wildman–Crippen LogP) is 5.05. The Kier molecular flexibility index (Phi) is 6.20. The third-order valence-electron chi connectivity index (χ3n) is 6.94. The SMILES string of the molecule is COc1ccc(C2CC(c3cc(C)ccc3C)=NN2C(=O)CN2CCc3ccccc3C2)cc1. The number of methoxy groups -OCH3 is 1. The lowest BCUT2D eigenvalue weighted by molar-refractivity contribution is -0.134. The van der Waals surface area contributed by atoms with Crippen molar-refractivity contribution in [3.63, 3.8) is 0 Å². The van der Waals surface area contributed by atoms with Gasteiger partial charge in [-0.05, 0) is 60.7 Å². The average molecular weight is 454 g/mol. The van der Waals surface area contributed by atoms with Crippen LogP contribution in [0.15, 0.2) is 71.8 Å². The van der Waals surface area contributed by atoms with Crippen LogP contribution in [0.3, 0.4) is 0 Å². The molecule has 0 N–H and O–H groups in total. The van der Waals surface area contributed by atoms with E-state index in [-0.39, 0.29) is 11.9 Å². The molecule has 0 saturated carbocycles. The van der Waals surface area contributed by atoms with Crippen molar-refractivity contribution in [1.29, 1.82) is 0 Å². The summed E-state index contributed by atoms with van der Waals surface area (Å²) in [5.74, 6) is 0.850. The van der Waals surface area contributed by atoms with E-state index in [1.165, 1.54) is 22.3 Å². The van der Waals surface area contributed by atoms with Crippen molar-refractivity contribution in [2.24, 2.45) is 5.10 Å². The Morgan fingerprint density at radius 3 is 2.56 bits per heavy atom. The molecule has 5 heteroatoms. The second kappa shape index (κ2) is 9.43. The maximum Gasteiger partial charge on any atom is 0.257 e. The van der Waals surface area contributed by atoms with Crippen LogP contribution in [-0.4, -0.2) is 41.7 Å². The topological polar surface area (TPSA) is 45.1 Å². The number of rotatable bonds is 5. The molecule has 0 aromatic heterocycles. The highest BCUT2D eigenvalue weighted by atomic mass is 16.5. The molecule has 3 aromatic rings. The molecule has 5 nitrogen and oxygen atoms in total. The smallest absolute Gasteiger partial charge is 0.257 e. The van der Waals surface area contributed by atoms with Gasteiger partial charge in [-0.3, -0.25) is 9.69 Å². The van der Waals surface area contributed by atoms with E-state index in [4.69, 9.17) is 9.84 Å². The number of ether oxygens (including phenoxy) is 1. The highest BCUT2D eigenvalue weighted by Crippen LogP contribution is 2.35. The maximum atomic E-state index is 13.6. The molecule has 1 unspecified atom stereocenters. The number of fused-ring (bicyclic) bond motifs is 1. The summed E-state index contributed by atoms with van der Waals surface area (Å²) in [6.07, 6.45) is 1.67. The summed E-state index contributed by atoms with van der Waals surface area (Å²) in [4.78, 5) is 15.9. The molecule has 2 aliphatic rings. The second-order valence-corrected chi connectivity index (χ2v) is 9.33. The van der Waals surface area contributed by atoms with Crippen LogP contribution in [0.1, 0.15) is 45.8 Å². The van der Waals surface area contributed by atoms with Gasteiger partial charge in [-0.2, -0.15) is 5.10 Å². The van der Waals surface area contributed by atoms with Crippen LogP contribution in [0.2, 0.25) is 0 Å². The third-order valence-corrected chi connectivity index (χ3v) is 6.94. The monoisotopic (exact) mass is 453 g/mol. The van der Waals surface area contributed by atoms with Gasteiger partial charge in [-0.15, -0.1) is 0 Å². The van der Waals surface area contributed by atoms with Gasteiger partial charge in [0, 0.05) is 25.1 Å². The zero-order chi connectivity index (χ0) is 23.7. The molecular weight excluding hydrogens is 422 g/mol. The standard InChI is InChI=1S/C29H31N3O2/c1-20-8-9-21(2)26(16-20)27-17-28(23-10-12-25(34-3)13-11-23)32(30-27)29(33)19-31-15-14-22-6-4-5-7-24(22)18-31/h4-13,16,28H,14-15,17-19H2,1-3H3. The summed E-state index contributed by atoms with van der Waals surface area (Å²) in [5.41, 5.74) is 8.25. The minimum Gasteiger partial charge on any atom is -0.497 e. The molecule has 0 aliphatic carbocycles. The van der Waals surface area contributed by atoms with Gasteiger partial charge in [0.15, 0.2) is 0 Å². The molecule has 0 fully saturated rings. The van der Waals surface area contributed by atoms with Crippen molar-refractivity contribution in [3.8, 4) is 5.75 Å². The number of hydrogen-bond acceptors (Lipinski definition) is 4. The van der Waals surface area contributed by atoms with E-state index >= 15 is 0 Å². The molecule has 0 radical (unpaired) electrons. The van der Waals surface area contributed by atoms with Gasteiger partial charge in [0.1, 0.15) is 5.75 Å². The number of carbonyl (C=O) groups is 1. The van der Waals surface area contributed by atoms with E-state index in [1.54, 1.807) is 12.1 Å². The Morgan fingerprint density at radius 1 is 1.03 bits per heavy atom. The molecule has 0 bridgehead atoms. The van der Waals surface area contributed by atoms with Crippen molar-refractivity contribution in [3.05, 3.63) is 100 Å². The Morgan fingerprint density at radius 2 is 1.79 bits per heavy atom. The van der Waals surface area contributed by atoms with E-state index in [1.807, 2.05) is 24.3 Å². The first-order chi connectivity index (χ1) is 16.5. The molecule has 1 atom stereocenters.